The van der Waals surface area contributed by atoms with E-state index in [0.29, 0.717) is 22.1 Å². The van der Waals surface area contributed by atoms with Crippen LogP contribution in [0.3, 0.4) is 0 Å². The molecule has 132 valence electrons. The molecule has 2 aromatic carbocycles. The summed E-state index contributed by atoms with van der Waals surface area (Å²) in [5, 5.41) is 8.64. The van der Waals surface area contributed by atoms with Gasteiger partial charge in [-0.15, -0.1) is 0 Å². The molecule has 0 unspecified atom stereocenters. The second-order valence-corrected chi connectivity index (χ2v) is 5.93. The van der Waals surface area contributed by atoms with Crippen LogP contribution in [-0.4, -0.2) is 18.7 Å². The van der Waals surface area contributed by atoms with Gasteiger partial charge in [0, 0.05) is 23.3 Å². The van der Waals surface area contributed by atoms with Crippen LogP contribution < -0.4 is 20.7 Å². The van der Waals surface area contributed by atoms with Gasteiger partial charge in [-0.1, -0.05) is 11.6 Å². The molecule has 0 spiro atoms. The first-order valence-corrected chi connectivity index (χ1v) is 8.05. The fourth-order valence-electron chi connectivity index (χ4n) is 2.19. The molecule has 0 saturated carbocycles. The number of anilines is 2. The van der Waals surface area contributed by atoms with Gasteiger partial charge < -0.3 is 20.7 Å². The van der Waals surface area contributed by atoms with Crippen LogP contribution in [0.4, 0.5) is 16.2 Å². The molecular weight excluding hydrogens is 342 g/mol. The predicted molar refractivity (Wildman–Crippen MR) is 99.3 cm³/mol. The summed E-state index contributed by atoms with van der Waals surface area (Å²) < 4.78 is 5.52. The minimum absolute atomic E-state index is 0.0241. The third kappa shape index (κ3) is 5.69. The maximum atomic E-state index is 11.9. The molecule has 0 aliphatic carbocycles. The van der Waals surface area contributed by atoms with Gasteiger partial charge in [0.2, 0.25) is 5.91 Å². The largest absolute Gasteiger partial charge is 0.473 e. The average Bonchev–Trinajstić information content (AvgIpc) is 2.54. The zero-order valence-corrected chi connectivity index (χ0v) is 15.0. The SMILES string of the molecule is CC(=O)Nc1ccc(NC(=O)NCOc2cc(C)c(Cl)c(C)c2)cc1. The Labute approximate surface area is 151 Å². The monoisotopic (exact) mass is 361 g/mol. The lowest BCUT2D eigenvalue weighted by Gasteiger charge is -2.12. The number of carbonyl (C=O) groups is 2. The molecule has 7 heteroatoms. The van der Waals surface area contributed by atoms with Gasteiger partial charge in [-0.25, -0.2) is 4.79 Å². The summed E-state index contributed by atoms with van der Waals surface area (Å²) in [5.41, 5.74) is 3.10. The standard InChI is InChI=1S/C18H20ClN3O3/c1-11-8-16(9-12(2)17(11)19)25-10-20-18(24)22-15-6-4-14(5-7-15)21-13(3)23/h4-9H,10H2,1-3H3,(H,21,23)(H2,20,22,24). The Kier molecular flexibility index (Phi) is 6.25. The number of aryl methyl sites for hydroxylation is 2. The lowest BCUT2D eigenvalue weighted by molar-refractivity contribution is -0.114. The van der Waals surface area contributed by atoms with E-state index in [1.54, 1.807) is 24.3 Å². The number of carbonyl (C=O) groups excluding carboxylic acids is 2. The summed E-state index contributed by atoms with van der Waals surface area (Å²) in [7, 11) is 0. The van der Waals surface area contributed by atoms with E-state index in [0.717, 1.165) is 11.1 Å². The van der Waals surface area contributed by atoms with Gasteiger partial charge >= 0.3 is 6.03 Å². The lowest BCUT2D eigenvalue weighted by atomic mass is 10.1. The highest BCUT2D eigenvalue weighted by atomic mass is 35.5. The van der Waals surface area contributed by atoms with Crippen molar-refractivity contribution in [3.63, 3.8) is 0 Å². The second kappa shape index (κ2) is 8.39. The molecule has 0 heterocycles. The van der Waals surface area contributed by atoms with Crippen LogP contribution in [0, 0.1) is 13.8 Å². The molecule has 0 aliphatic rings. The summed E-state index contributed by atoms with van der Waals surface area (Å²) >= 11 is 6.10. The van der Waals surface area contributed by atoms with Crippen molar-refractivity contribution in [2.24, 2.45) is 0 Å². The van der Waals surface area contributed by atoms with Gasteiger partial charge in [0.15, 0.2) is 6.73 Å². The second-order valence-electron chi connectivity index (χ2n) is 5.55. The zero-order valence-electron chi connectivity index (χ0n) is 14.3. The molecule has 0 bridgehead atoms. The summed E-state index contributed by atoms with van der Waals surface area (Å²) in [6, 6.07) is 10.0. The van der Waals surface area contributed by atoms with E-state index in [1.165, 1.54) is 6.92 Å². The number of halogens is 1. The average molecular weight is 362 g/mol. The number of ether oxygens (including phenoxy) is 1. The smallest absolute Gasteiger partial charge is 0.321 e. The van der Waals surface area contributed by atoms with Crippen molar-refractivity contribution in [2.45, 2.75) is 20.8 Å². The quantitative estimate of drug-likeness (QED) is 0.702. The Bertz CT molecular complexity index is 753. The minimum Gasteiger partial charge on any atom is -0.473 e. The topological polar surface area (TPSA) is 79.5 Å². The summed E-state index contributed by atoms with van der Waals surface area (Å²) in [5.74, 6) is 0.489. The van der Waals surface area contributed by atoms with Crippen LogP contribution in [0.2, 0.25) is 5.02 Å². The number of hydrogen-bond acceptors (Lipinski definition) is 3. The number of hydrogen-bond donors (Lipinski definition) is 3. The molecular formula is C18H20ClN3O3. The van der Waals surface area contributed by atoms with Crippen LogP contribution in [0.25, 0.3) is 0 Å². The van der Waals surface area contributed by atoms with Crippen molar-refractivity contribution in [3.8, 4) is 5.75 Å². The maximum Gasteiger partial charge on any atom is 0.321 e. The molecule has 0 radical (unpaired) electrons. The van der Waals surface area contributed by atoms with E-state index in [4.69, 9.17) is 16.3 Å². The van der Waals surface area contributed by atoms with Crippen LogP contribution in [0.5, 0.6) is 5.75 Å². The maximum absolute atomic E-state index is 11.9. The van der Waals surface area contributed by atoms with Crippen molar-refractivity contribution >= 4 is 34.9 Å². The summed E-state index contributed by atoms with van der Waals surface area (Å²) in [6.45, 7) is 5.25. The normalized spacial score (nSPS) is 10.1. The van der Waals surface area contributed by atoms with Crippen molar-refractivity contribution in [1.82, 2.24) is 5.32 Å². The number of amides is 3. The molecule has 0 saturated heterocycles. The Morgan fingerprint density at radius 1 is 1.00 bits per heavy atom. The summed E-state index contributed by atoms with van der Waals surface area (Å²) in [4.78, 5) is 22.8. The first kappa shape index (κ1) is 18.6. The molecule has 0 atom stereocenters. The molecule has 0 aromatic heterocycles. The van der Waals surface area contributed by atoms with E-state index in [-0.39, 0.29) is 12.6 Å². The highest BCUT2D eigenvalue weighted by Crippen LogP contribution is 2.25. The Morgan fingerprint density at radius 3 is 2.04 bits per heavy atom. The van der Waals surface area contributed by atoms with Crippen LogP contribution in [0.15, 0.2) is 36.4 Å². The van der Waals surface area contributed by atoms with E-state index in [1.807, 2.05) is 26.0 Å². The van der Waals surface area contributed by atoms with Gasteiger partial charge in [-0.2, -0.15) is 0 Å². The lowest BCUT2D eigenvalue weighted by Crippen LogP contribution is -2.32. The Morgan fingerprint density at radius 2 is 1.52 bits per heavy atom. The number of benzene rings is 2. The molecule has 6 nitrogen and oxygen atoms in total. The molecule has 2 aromatic rings. The molecule has 3 N–H and O–H groups in total. The van der Waals surface area contributed by atoms with Crippen LogP contribution in [-0.2, 0) is 4.79 Å². The Balaban J connectivity index is 1.82. The third-order valence-electron chi connectivity index (χ3n) is 3.34. The van der Waals surface area contributed by atoms with Gasteiger partial charge in [0.1, 0.15) is 5.75 Å². The highest BCUT2D eigenvalue weighted by Gasteiger charge is 2.05. The molecule has 25 heavy (non-hydrogen) atoms. The number of nitrogens with one attached hydrogen (secondary N) is 3. The Hall–Kier alpha value is -2.73. The molecule has 0 aliphatic heterocycles. The minimum atomic E-state index is -0.394. The fraction of sp³-hybridized carbons (Fsp3) is 0.222. The highest BCUT2D eigenvalue weighted by molar-refractivity contribution is 6.32. The molecule has 3 amide bonds. The van der Waals surface area contributed by atoms with Crippen LogP contribution in [0.1, 0.15) is 18.1 Å². The van der Waals surface area contributed by atoms with Gasteiger partial charge in [-0.05, 0) is 61.4 Å². The van der Waals surface area contributed by atoms with Gasteiger partial charge in [0.05, 0.1) is 0 Å². The van der Waals surface area contributed by atoms with Crippen molar-refractivity contribution < 1.29 is 14.3 Å². The molecule has 2 rings (SSSR count). The van der Waals surface area contributed by atoms with Gasteiger partial charge in [0.25, 0.3) is 0 Å². The summed E-state index contributed by atoms with van der Waals surface area (Å²) in [6.07, 6.45) is 0. The predicted octanol–water partition coefficient (Wildman–Crippen LogP) is 4.07. The first-order valence-electron chi connectivity index (χ1n) is 7.67. The van der Waals surface area contributed by atoms with E-state index >= 15 is 0 Å². The van der Waals surface area contributed by atoms with Crippen molar-refractivity contribution in [3.05, 3.63) is 52.5 Å². The third-order valence-corrected chi connectivity index (χ3v) is 3.94. The van der Waals surface area contributed by atoms with E-state index < -0.39 is 6.03 Å². The van der Waals surface area contributed by atoms with Crippen LogP contribution >= 0.6 is 11.6 Å². The van der Waals surface area contributed by atoms with E-state index in [9.17, 15) is 9.59 Å². The zero-order chi connectivity index (χ0) is 18.4. The van der Waals surface area contributed by atoms with E-state index in [2.05, 4.69) is 16.0 Å². The number of urea groups is 1. The molecule has 0 fully saturated rings. The fourth-order valence-corrected chi connectivity index (χ4v) is 2.30. The van der Waals surface area contributed by atoms with Crippen molar-refractivity contribution in [2.75, 3.05) is 17.4 Å². The number of rotatable bonds is 5. The van der Waals surface area contributed by atoms with Crippen molar-refractivity contribution in [1.29, 1.82) is 0 Å². The van der Waals surface area contributed by atoms with Gasteiger partial charge in [-0.3, -0.25) is 4.79 Å². The first-order chi connectivity index (χ1) is 11.8.